The summed E-state index contributed by atoms with van der Waals surface area (Å²) in [6.07, 6.45) is 3.60. The SMILES string of the molecule is CSc1ccc(Cl)c(C(=O)NC2(CO)CC2)c1. The van der Waals surface area contributed by atoms with Gasteiger partial charge in [-0.25, -0.2) is 0 Å². The lowest BCUT2D eigenvalue weighted by Crippen LogP contribution is -2.39. The molecule has 0 bridgehead atoms. The quantitative estimate of drug-likeness (QED) is 0.827. The Hall–Kier alpha value is -0.710. The number of nitrogens with one attached hydrogen (secondary N) is 1. The number of hydrogen-bond donors (Lipinski definition) is 2. The van der Waals surface area contributed by atoms with Crippen LogP contribution in [-0.4, -0.2) is 29.4 Å². The number of carbonyl (C=O) groups is 1. The topological polar surface area (TPSA) is 49.3 Å². The zero-order valence-corrected chi connectivity index (χ0v) is 11.1. The molecule has 1 fully saturated rings. The molecule has 0 heterocycles. The summed E-state index contributed by atoms with van der Waals surface area (Å²) in [7, 11) is 0. The van der Waals surface area contributed by atoms with E-state index in [0.717, 1.165) is 17.7 Å². The van der Waals surface area contributed by atoms with Crippen molar-refractivity contribution in [1.82, 2.24) is 5.32 Å². The van der Waals surface area contributed by atoms with Crippen molar-refractivity contribution in [3.63, 3.8) is 0 Å². The minimum absolute atomic E-state index is 0.0153. The third kappa shape index (κ3) is 2.76. The number of carbonyl (C=O) groups excluding carboxylic acids is 1. The monoisotopic (exact) mass is 271 g/mol. The van der Waals surface area contributed by atoms with E-state index in [1.807, 2.05) is 12.3 Å². The van der Waals surface area contributed by atoms with Gasteiger partial charge in [0.05, 0.1) is 22.7 Å². The van der Waals surface area contributed by atoms with Crippen molar-refractivity contribution in [2.45, 2.75) is 23.3 Å². The normalized spacial score (nSPS) is 16.6. The van der Waals surface area contributed by atoms with Crippen molar-refractivity contribution in [3.8, 4) is 0 Å². The Morgan fingerprint density at radius 2 is 2.29 bits per heavy atom. The molecule has 1 aliphatic carbocycles. The van der Waals surface area contributed by atoms with Crippen LogP contribution in [0.3, 0.4) is 0 Å². The van der Waals surface area contributed by atoms with Gasteiger partial charge in [0.25, 0.3) is 5.91 Å². The summed E-state index contributed by atoms with van der Waals surface area (Å²) in [5.74, 6) is -0.211. The van der Waals surface area contributed by atoms with Gasteiger partial charge in [-0.1, -0.05) is 11.6 Å². The molecule has 1 aromatic carbocycles. The van der Waals surface area contributed by atoms with Gasteiger partial charge in [-0.15, -0.1) is 11.8 Å². The number of aliphatic hydroxyl groups is 1. The minimum atomic E-state index is -0.407. The van der Waals surface area contributed by atoms with E-state index in [0.29, 0.717) is 10.6 Å². The summed E-state index contributed by atoms with van der Waals surface area (Å²) >= 11 is 7.57. The van der Waals surface area contributed by atoms with Crippen LogP contribution in [0, 0.1) is 0 Å². The fourth-order valence-corrected chi connectivity index (χ4v) is 2.23. The van der Waals surface area contributed by atoms with E-state index in [-0.39, 0.29) is 12.5 Å². The van der Waals surface area contributed by atoms with E-state index in [9.17, 15) is 9.90 Å². The lowest BCUT2D eigenvalue weighted by molar-refractivity contribution is 0.0906. The molecule has 2 rings (SSSR count). The zero-order valence-electron chi connectivity index (χ0n) is 9.50. The molecular weight excluding hydrogens is 258 g/mol. The third-order valence-corrected chi connectivity index (χ3v) is 4.01. The van der Waals surface area contributed by atoms with E-state index < -0.39 is 5.54 Å². The van der Waals surface area contributed by atoms with Crippen molar-refractivity contribution >= 4 is 29.3 Å². The Morgan fingerprint density at radius 3 is 2.82 bits per heavy atom. The van der Waals surface area contributed by atoms with Crippen LogP contribution in [0.5, 0.6) is 0 Å². The Morgan fingerprint density at radius 1 is 1.59 bits per heavy atom. The lowest BCUT2D eigenvalue weighted by atomic mass is 10.2. The number of halogens is 1. The van der Waals surface area contributed by atoms with E-state index in [4.69, 9.17) is 11.6 Å². The van der Waals surface area contributed by atoms with Crippen molar-refractivity contribution in [2.24, 2.45) is 0 Å². The zero-order chi connectivity index (χ0) is 12.5. The molecule has 2 N–H and O–H groups in total. The van der Waals surface area contributed by atoms with Gasteiger partial charge in [-0.05, 0) is 37.3 Å². The maximum atomic E-state index is 12.0. The number of hydrogen-bond acceptors (Lipinski definition) is 3. The molecule has 0 atom stereocenters. The molecule has 0 aromatic heterocycles. The average Bonchev–Trinajstić information content (AvgIpc) is 3.10. The van der Waals surface area contributed by atoms with Crippen LogP contribution >= 0.6 is 23.4 Å². The molecule has 1 aliphatic rings. The number of thioether (sulfide) groups is 1. The molecule has 0 saturated heterocycles. The molecule has 1 amide bonds. The summed E-state index contributed by atoms with van der Waals surface area (Å²) in [5, 5.41) is 12.5. The Labute approximate surface area is 110 Å². The van der Waals surface area contributed by atoms with Gasteiger partial charge >= 0.3 is 0 Å². The summed E-state index contributed by atoms with van der Waals surface area (Å²) in [6.45, 7) is -0.0153. The van der Waals surface area contributed by atoms with Crippen LogP contribution in [0.2, 0.25) is 5.02 Å². The third-order valence-electron chi connectivity index (χ3n) is 2.95. The summed E-state index contributed by atoms with van der Waals surface area (Å²) < 4.78 is 0. The smallest absolute Gasteiger partial charge is 0.253 e. The number of rotatable bonds is 4. The molecule has 0 unspecified atom stereocenters. The molecule has 17 heavy (non-hydrogen) atoms. The highest BCUT2D eigenvalue weighted by Gasteiger charge is 2.43. The second kappa shape index (κ2) is 4.88. The van der Waals surface area contributed by atoms with Gasteiger partial charge in [0.15, 0.2) is 0 Å². The maximum absolute atomic E-state index is 12.0. The highest BCUT2D eigenvalue weighted by molar-refractivity contribution is 7.98. The molecular formula is C12H14ClNO2S. The molecule has 3 nitrogen and oxygen atoms in total. The predicted octanol–water partition coefficient (Wildman–Crippen LogP) is 2.32. The van der Waals surface area contributed by atoms with Crippen molar-refractivity contribution in [2.75, 3.05) is 12.9 Å². The highest BCUT2D eigenvalue weighted by Crippen LogP contribution is 2.35. The van der Waals surface area contributed by atoms with Gasteiger partial charge in [0.1, 0.15) is 0 Å². The van der Waals surface area contributed by atoms with Crippen LogP contribution in [0.15, 0.2) is 23.1 Å². The summed E-state index contributed by atoms with van der Waals surface area (Å²) in [5.41, 5.74) is 0.0636. The van der Waals surface area contributed by atoms with Crippen molar-refractivity contribution in [1.29, 1.82) is 0 Å². The fraction of sp³-hybridized carbons (Fsp3) is 0.417. The molecule has 0 aliphatic heterocycles. The number of benzene rings is 1. The Bertz CT molecular complexity index is 446. The van der Waals surface area contributed by atoms with Crippen LogP contribution in [-0.2, 0) is 0 Å². The second-order valence-electron chi connectivity index (χ2n) is 4.24. The van der Waals surface area contributed by atoms with Gasteiger partial charge in [-0.2, -0.15) is 0 Å². The molecule has 5 heteroatoms. The van der Waals surface area contributed by atoms with Gasteiger partial charge in [-0.3, -0.25) is 4.79 Å². The van der Waals surface area contributed by atoms with E-state index in [1.54, 1.807) is 23.9 Å². The highest BCUT2D eigenvalue weighted by atomic mass is 35.5. The lowest BCUT2D eigenvalue weighted by Gasteiger charge is -2.15. The average molecular weight is 272 g/mol. The number of aliphatic hydroxyl groups excluding tert-OH is 1. The first-order chi connectivity index (χ1) is 8.10. The number of amides is 1. The fourth-order valence-electron chi connectivity index (χ4n) is 1.59. The van der Waals surface area contributed by atoms with Crippen LogP contribution in [0.25, 0.3) is 0 Å². The largest absolute Gasteiger partial charge is 0.394 e. The molecule has 0 radical (unpaired) electrons. The van der Waals surface area contributed by atoms with Gasteiger partial charge in [0, 0.05) is 4.90 Å². The van der Waals surface area contributed by atoms with Crippen molar-refractivity contribution < 1.29 is 9.90 Å². The standard InChI is InChI=1S/C12H14ClNO2S/c1-17-8-2-3-10(13)9(6-8)11(16)14-12(7-15)4-5-12/h2-3,6,15H,4-5,7H2,1H3,(H,14,16). The van der Waals surface area contributed by atoms with E-state index in [1.165, 1.54) is 0 Å². The first kappa shape index (κ1) is 12.7. The van der Waals surface area contributed by atoms with Gasteiger partial charge < -0.3 is 10.4 Å². The molecule has 0 spiro atoms. The van der Waals surface area contributed by atoms with Crippen molar-refractivity contribution in [3.05, 3.63) is 28.8 Å². The van der Waals surface area contributed by atoms with Gasteiger partial charge in [0.2, 0.25) is 0 Å². The molecule has 92 valence electrons. The van der Waals surface area contributed by atoms with Crippen LogP contribution in [0.4, 0.5) is 0 Å². The first-order valence-corrected chi connectivity index (χ1v) is 6.97. The van der Waals surface area contributed by atoms with E-state index >= 15 is 0 Å². The second-order valence-corrected chi connectivity index (χ2v) is 5.53. The Kier molecular flexibility index (Phi) is 3.66. The maximum Gasteiger partial charge on any atom is 0.253 e. The molecule has 1 aromatic rings. The van der Waals surface area contributed by atoms with E-state index in [2.05, 4.69) is 5.32 Å². The molecule has 1 saturated carbocycles. The summed E-state index contributed by atoms with van der Waals surface area (Å²) in [4.78, 5) is 13.0. The minimum Gasteiger partial charge on any atom is -0.394 e. The first-order valence-electron chi connectivity index (χ1n) is 5.37. The Balaban J connectivity index is 2.18. The van der Waals surface area contributed by atoms with Crippen LogP contribution in [0.1, 0.15) is 23.2 Å². The summed E-state index contributed by atoms with van der Waals surface area (Å²) in [6, 6.07) is 5.37. The predicted molar refractivity (Wildman–Crippen MR) is 69.8 cm³/mol. The van der Waals surface area contributed by atoms with Crippen LogP contribution < -0.4 is 5.32 Å².